The molecule has 3 heteroatoms. The van der Waals surface area contributed by atoms with Crippen molar-refractivity contribution in [2.24, 2.45) is 5.41 Å². The molecule has 0 atom stereocenters. The fourth-order valence-electron chi connectivity index (χ4n) is 1.52. The number of halogens is 1. The van der Waals surface area contributed by atoms with Gasteiger partial charge in [0.1, 0.15) is 0 Å². The van der Waals surface area contributed by atoms with Gasteiger partial charge in [-0.1, -0.05) is 6.07 Å². The lowest BCUT2D eigenvalue weighted by Crippen LogP contribution is -2.11. The van der Waals surface area contributed by atoms with E-state index in [1.165, 1.54) is 6.20 Å². The Bertz CT molecular complexity index is 310. The summed E-state index contributed by atoms with van der Waals surface area (Å²) in [5.74, 6) is -0.401. The smallest absolute Gasteiger partial charge is 0.216 e. The van der Waals surface area contributed by atoms with Gasteiger partial charge >= 0.3 is 0 Å². The highest BCUT2D eigenvalue weighted by Crippen LogP contribution is 2.47. The monoisotopic (exact) mass is 181 g/mol. The van der Waals surface area contributed by atoms with Crippen molar-refractivity contribution in [2.75, 3.05) is 6.61 Å². The van der Waals surface area contributed by atoms with E-state index in [-0.39, 0.29) is 12.0 Å². The molecular formula is C10H12FNO. The maximum atomic E-state index is 13.1. The molecule has 1 aliphatic carbocycles. The lowest BCUT2D eigenvalue weighted by atomic mass is 9.98. The van der Waals surface area contributed by atoms with Crippen molar-refractivity contribution >= 4 is 0 Å². The Hall–Kier alpha value is -0.960. The molecule has 0 radical (unpaired) electrons. The van der Waals surface area contributed by atoms with Gasteiger partial charge in [-0.2, -0.15) is 4.39 Å². The van der Waals surface area contributed by atoms with Crippen molar-refractivity contribution in [1.29, 1.82) is 0 Å². The maximum Gasteiger partial charge on any atom is 0.216 e. The number of rotatable bonds is 3. The Morgan fingerprint density at radius 3 is 2.85 bits per heavy atom. The first-order valence-electron chi connectivity index (χ1n) is 4.46. The van der Waals surface area contributed by atoms with E-state index in [2.05, 4.69) is 4.98 Å². The highest BCUT2D eigenvalue weighted by molar-refractivity contribution is 5.15. The van der Waals surface area contributed by atoms with Crippen LogP contribution < -0.4 is 0 Å². The Kier molecular flexibility index (Phi) is 2.04. The van der Waals surface area contributed by atoms with Crippen LogP contribution in [0.15, 0.2) is 18.3 Å². The molecule has 0 unspecified atom stereocenters. The van der Waals surface area contributed by atoms with Crippen molar-refractivity contribution in [2.45, 2.75) is 19.3 Å². The average molecular weight is 181 g/mol. The van der Waals surface area contributed by atoms with Gasteiger partial charge in [0.2, 0.25) is 5.95 Å². The molecule has 1 saturated carbocycles. The predicted octanol–water partition coefficient (Wildman–Crippen LogP) is 1.54. The van der Waals surface area contributed by atoms with E-state index in [0.29, 0.717) is 12.0 Å². The molecule has 0 saturated heterocycles. The second kappa shape index (κ2) is 3.07. The molecule has 1 aromatic rings. The van der Waals surface area contributed by atoms with Gasteiger partial charge < -0.3 is 5.11 Å². The normalized spacial score (nSPS) is 18.6. The van der Waals surface area contributed by atoms with Crippen LogP contribution in [-0.2, 0) is 6.42 Å². The summed E-state index contributed by atoms with van der Waals surface area (Å²) in [6.07, 6.45) is 4.05. The number of aromatic nitrogens is 1. The molecule has 2 rings (SSSR count). The zero-order valence-electron chi connectivity index (χ0n) is 7.33. The van der Waals surface area contributed by atoms with Crippen LogP contribution in [0.2, 0.25) is 0 Å². The van der Waals surface area contributed by atoms with E-state index in [9.17, 15) is 4.39 Å². The number of hydrogen-bond donors (Lipinski definition) is 1. The summed E-state index contributed by atoms with van der Waals surface area (Å²) in [6.45, 7) is 0.154. The van der Waals surface area contributed by atoms with Crippen LogP contribution >= 0.6 is 0 Å². The van der Waals surface area contributed by atoms with E-state index >= 15 is 0 Å². The van der Waals surface area contributed by atoms with Crippen LogP contribution in [0.1, 0.15) is 18.4 Å². The summed E-state index contributed by atoms with van der Waals surface area (Å²) in [6, 6.07) is 3.46. The Balaban J connectivity index is 2.14. The Labute approximate surface area is 76.4 Å². The van der Waals surface area contributed by atoms with Crippen LogP contribution in [0.3, 0.4) is 0 Å². The molecule has 1 aliphatic rings. The van der Waals surface area contributed by atoms with E-state index in [1.54, 1.807) is 12.1 Å². The van der Waals surface area contributed by atoms with Gasteiger partial charge in [0.25, 0.3) is 0 Å². The lowest BCUT2D eigenvalue weighted by Gasteiger charge is -2.10. The molecular weight excluding hydrogens is 169 g/mol. The third-order valence-electron chi connectivity index (χ3n) is 2.69. The van der Waals surface area contributed by atoms with Crippen molar-refractivity contribution in [1.82, 2.24) is 4.98 Å². The third kappa shape index (κ3) is 1.70. The highest BCUT2D eigenvalue weighted by atomic mass is 19.1. The standard InChI is InChI=1S/C10H12FNO/c11-9-8(2-1-5-12-9)6-10(7-13)3-4-10/h1-2,5,13H,3-4,6-7H2. The Morgan fingerprint density at radius 1 is 1.54 bits per heavy atom. The topological polar surface area (TPSA) is 33.1 Å². The molecule has 0 amide bonds. The van der Waals surface area contributed by atoms with Gasteiger partial charge in [0.15, 0.2) is 0 Å². The van der Waals surface area contributed by atoms with Crippen LogP contribution in [0, 0.1) is 11.4 Å². The van der Waals surface area contributed by atoms with Crippen LogP contribution in [0.25, 0.3) is 0 Å². The molecule has 1 heterocycles. The average Bonchev–Trinajstić information content (AvgIpc) is 2.90. The summed E-state index contributed by atoms with van der Waals surface area (Å²) >= 11 is 0. The molecule has 1 fully saturated rings. The van der Waals surface area contributed by atoms with E-state index in [1.807, 2.05) is 0 Å². The molecule has 1 aromatic heterocycles. The molecule has 2 nitrogen and oxygen atoms in total. The zero-order valence-corrected chi connectivity index (χ0v) is 7.33. The number of hydrogen-bond acceptors (Lipinski definition) is 2. The summed E-state index contributed by atoms with van der Waals surface area (Å²) in [4.78, 5) is 3.58. The van der Waals surface area contributed by atoms with Gasteiger partial charge in [0, 0.05) is 18.4 Å². The molecule has 0 spiro atoms. The van der Waals surface area contributed by atoms with Crippen LogP contribution in [0.4, 0.5) is 4.39 Å². The van der Waals surface area contributed by atoms with Gasteiger partial charge in [-0.25, -0.2) is 4.98 Å². The van der Waals surface area contributed by atoms with E-state index in [4.69, 9.17) is 5.11 Å². The zero-order chi connectivity index (χ0) is 9.31. The Morgan fingerprint density at radius 2 is 2.31 bits per heavy atom. The summed E-state index contributed by atoms with van der Waals surface area (Å²) in [5, 5.41) is 9.07. The number of aliphatic hydroxyl groups is 1. The van der Waals surface area contributed by atoms with Gasteiger partial charge in [-0.05, 0) is 30.7 Å². The molecule has 0 aliphatic heterocycles. The fraction of sp³-hybridized carbons (Fsp3) is 0.500. The van der Waals surface area contributed by atoms with Crippen LogP contribution in [-0.4, -0.2) is 16.7 Å². The number of pyridine rings is 1. The van der Waals surface area contributed by atoms with Gasteiger partial charge in [-0.3, -0.25) is 0 Å². The minimum absolute atomic E-state index is 0.0378. The summed E-state index contributed by atoms with van der Waals surface area (Å²) in [7, 11) is 0. The lowest BCUT2D eigenvalue weighted by molar-refractivity contribution is 0.210. The fourth-order valence-corrected chi connectivity index (χ4v) is 1.52. The first kappa shape index (κ1) is 8.63. The third-order valence-corrected chi connectivity index (χ3v) is 2.69. The quantitative estimate of drug-likeness (QED) is 0.717. The first-order chi connectivity index (χ1) is 6.26. The van der Waals surface area contributed by atoms with Crippen molar-refractivity contribution in [3.05, 3.63) is 29.8 Å². The minimum Gasteiger partial charge on any atom is -0.396 e. The minimum atomic E-state index is -0.401. The number of nitrogens with zero attached hydrogens (tertiary/aromatic N) is 1. The molecule has 13 heavy (non-hydrogen) atoms. The van der Waals surface area contributed by atoms with Gasteiger partial charge in [0.05, 0.1) is 0 Å². The predicted molar refractivity (Wildman–Crippen MR) is 46.7 cm³/mol. The summed E-state index contributed by atoms with van der Waals surface area (Å²) < 4.78 is 13.1. The van der Waals surface area contributed by atoms with Crippen molar-refractivity contribution < 1.29 is 9.50 Å². The second-order valence-electron chi connectivity index (χ2n) is 3.79. The molecule has 0 bridgehead atoms. The largest absolute Gasteiger partial charge is 0.396 e. The SMILES string of the molecule is OCC1(Cc2cccnc2F)CC1. The molecule has 0 aromatic carbocycles. The highest BCUT2D eigenvalue weighted by Gasteiger charge is 2.42. The van der Waals surface area contributed by atoms with E-state index in [0.717, 1.165) is 12.8 Å². The van der Waals surface area contributed by atoms with Crippen molar-refractivity contribution in [3.63, 3.8) is 0 Å². The molecule has 1 N–H and O–H groups in total. The summed E-state index contributed by atoms with van der Waals surface area (Å²) in [5.41, 5.74) is 0.582. The number of aliphatic hydroxyl groups excluding tert-OH is 1. The van der Waals surface area contributed by atoms with Crippen LogP contribution in [0.5, 0.6) is 0 Å². The molecule has 70 valence electrons. The maximum absolute atomic E-state index is 13.1. The van der Waals surface area contributed by atoms with Gasteiger partial charge in [-0.15, -0.1) is 0 Å². The van der Waals surface area contributed by atoms with E-state index < -0.39 is 5.95 Å². The van der Waals surface area contributed by atoms with Crippen molar-refractivity contribution in [3.8, 4) is 0 Å². The second-order valence-corrected chi connectivity index (χ2v) is 3.79. The first-order valence-corrected chi connectivity index (χ1v) is 4.46.